The van der Waals surface area contributed by atoms with Crippen molar-refractivity contribution in [2.75, 3.05) is 18.8 Å². The molecule has 0 spiro atoms. The zero-order valence-electron chi connectivity index (χ0n) is 12.2. The Morgan fingerprint density at radius 1 is 1.26 bits per heavy atom. The van der Waals surface area contributed by atoms with E-state index in [4.69, 9.17) is 5.73 Å². The maximum Gasteiger partial charge on any atom is 0.138 e. The van der Waals surface area contributed by atoms with Crippen molar-refractivity contribution in [3.05, 3.63) is 23.3 Å². The monoisotopic (exact) mass is 262 g/mol. The minimum Gasteiger partial charge on any atom is -0.506 e. The van der Waals surface area contributed by atoms with Crippen LogP contribution in [0.4, 0.5) is 5.69 Å². The van der Waals surface area contributed by atoms with Crippen molar-refractivity contribution >= 4 is 5.69 Å². The number of fused-ring (bicyclic) bond motifs is 1. The van der Waals surface area contributed by atoms with Crippen molar-refractivity contribution in [2.45, 2.75) is 52.0 Å². The first kappa shape index (κ1) is 14.2. The van der Waals surface area contributed by atoms with Crippen LogP contribution >= 0.6 is 0 Å². The number of phenolic OH excluding ortho intramolecular Hbond substituents is 1. The molecule has 1 atom stereocenters. The number of rotatable bonds is 5. The third kappa shape index (κ3) is 3.03. The molecule has 3 nitrogen and oxygen atoms in total. The summed E-state index contributed by atoms with van der Waals surface area (Å²) in [7, 11) is 0. The summed E-state index contributed by atoms with van der Waals surface area (Å²) in [6.07, 6.45) is 5.63. The zero-order chi connectivity index (χ0) is 13.8. The van der Waals surface area contributed by atoms with Crippen LogP contribution in [0.3, 0.4) is 0 Å². The number of benzene rings is 1. The van der Waals surface area contributed by atoms with E-state index in [0.29, 0.717) is 11.7 Å². The molecule has 0 bridgehead atoms. The van der Waals surface area contributed by atoms with Crippen molar-refractivity contribution in [3.63, 3.8) is 0 Å². The molecular formula is C16H26N2O. The second-order valence-corrected chi connectivity index (χ2v) is 5.57. The van der Waals surface area contributed by atoms with Crippen LogP contribution in [0.1, 0.15) is 44.2 Å². The fraction of sp³-hybridized carbons (Fsp3) is 0.625. The SMILES string of the molecule is CCCN(CCC)C1CCc2c(ccc(O)c2N)C1. The van der Waals surface area contributed by atoms with Crippen LogP contribution in [0, 0.1) is 0 Å². The van der Waals surface area contributed by atoms with Crippen LogP contribution < -0.4 is 5.73 Å². The summed E-state index contributed by atoms with van der Waals surface area (Å²) in [5.41, 5.74) is 9.06. The Hall–Kier alpha value is -1.22. The van der Waals surface area contributed by atoms with Crippen LogP contribution in [0.5, 0.6) is 5.75 Å². The van der Waals surface area contributed by atoms with Crippen LogP contribution in [-0.2, 0) is 12.8 Å². The number of aromatic hydroxyl groups is 1. The molecule has 1 aliphatic carbocycles. The van der Waals surface area contributed by atoms with Crippen LogP contribution in [0.2, 0.25) is 0 Å². The Kier molecular flexibility index (Phi) is 4.70. The highest BCUT2D eigenvalue weighted by Crippen LogP contribution is 2.33. The van der Waals surface area contributed by atoms with E-state index < -0.39 is 0 Å². The third-order valence-electron chi connectivity index (χ3n) is 4.15. The summed E-state index contributed by atoms with van der Waals surface area (Å²) in [6, 6.07) is 4.42. The molecule has 1 aromatic carbocycles. The Balaban J connectivity index is 2.15. The van der Waals surface area contributed by atoms with Crippen molar-refractivity contribution < 1.29 is 5.11 Å². The van der Waals surface area contributed by atoms with E-state index in [2.05, 4.69) is 18.7 Å². The summed E-state index contributed by atoms with van der Waals surface area (Å²) in [6.45, 7) is 6.85. The highest BCUT2D eigenvalue weighted by atomic mass is 16.3. The van der Waals surface area contributed by atoms with Gasteiger partial charge < -0.3 is 15.7 Å². The van der Waals surface area contributed by atoms with Gasteiger partial charge in [-0.25, -0.2) is 0 Å². The maximum atomic E-state index is 9.68. The summed E-state index contributed by atoms with van der Waals surface area (Å²) in [4.78, 5) is 2.62. The van der Waals surface area contributed by atoms with Gasteiger partial charge in [0, 0.05) is 6.04 Å². The van der Waals surface area contributed by atoms with Crippen molar-refractivity contribution in [3.8, 4) is 5.75 Å². The smallest absolute Gasteiger partial charge is 0.138 e. The van der Waals surface area contributed by atoms with E-state index in [1.807, 2.05) is 6.07 Å². The van der Waals surface area contributed by atoms with Crippen LogP contribution in [-0.4, -0.2) is 29.1 Å². The quantitative estimate of drug-likeness (QED) is 0.633. The molecule has 0 heterocycles. The first-order valence-corrected chi connectivity index (χ1v) is 7.50. The van der Waals surface area contributed by atoms with Gasteiger partial charge in [0.2, 0.25) is 0 Å². The normalized spacial score (nSPS) is 18.6. The number of nitrogen functional groups attached to an aromatic ring is 1. The minimum atomic E-state index is 0.233. The Morgan fingerprint density at radius 3 is 2.58 bits per heavy atom. The van der Waals surface area contributed by atoms with Crippen molar-refractivity contribution in [1.82, 2.24) is 4.90 Å². The van der Waals surface area contributed by atoms with Crippen molar-refractivity contribution in [1.29, 1.82) is 0 Å². The summed E-state index contributed by atoms with van der Waals surface area (Å²) < 4.78 is 0. The van der Waals surface area contributed by atoms with E-state index in [0.717, 1.165) is 19.3 Å². The molecule has 19 heavy (non-hydrogen) atoms. The summed E-state index contributed by atoms with van der Waals surface area (Å²) >= 11 is 0. The first-order valence-electron chi connectivity index (χ1n) is 7.50. The summed E-state index contributed by atoms with van der Waals surface area (Å²) in [5, 5.41) is 9.68. The van der Waals surface area contributed by atoms with E-state index in [-0.39, 0.29) is 5.75 Å². The molecule has 0 saturated heterocycles. The van der Waals surface area contributed by atoms with Gasteiger partial charge in [0.25, 0.3) is 0 Å². The number of hydrogen-bond donors (Lipinski definition) is 2. The predicted molar refractivity (Wildman–Crippen MR) is 80.5 cm³/mol. The number of nitrogens with zero attached hydrogens (tertiary/aromatic N) is 1. The van der Waals surface area contributed by atoms with Crippen LogP contribution in [0.15, 0.2) is 12.1 Å². The lowest BCUT2D eigenvalue weighted by molar-refractivity contribution is 0.180. The van der Waals surface area contributed by atoms with Crippen LogP contribution in [0.25, 0.3) is 0 Å². The molecule has 1 aromatic rings. The molecule has 0 radical (unpaired) electrons. The number of hydrogen-bond acceptors (Lipinski definition) is 3. The van der Waals surface area contributed by atoms with Gasteiger partial charge in [0.1, 0.15) is 5.75 Å². The highest BCUT2D eigenvalue weighted by molar-refractivity contribution is 5.61. The van der Waals surface area contributed by atoms with E-state index in [1.165, 1.54) is 37.1 Å². The lowest BCUT2D eigenvalue weighted by Crippen LogP contribution is -2.40. The molecule has 0 fully saturated rings. The average Bonchev–Trinajstić information content (AvgIpc) is 2.42. The molecule has 106 valence electrons. The summed E-state index contributed by atoms with van der Waals surface area (Å²) in [5.74, 6) is 0.233. The Morgan fingerprint density at radius 2 is 1.95 bits per heavy atom. The number of phenols is 1. The largest absolute Gasteiger partial charge is 0.506 e. The van der Waals surface area contributed by atoms with Gasteiger partial charge in [-0.1, -0.05) is 19.9 Å². The Bertz CT molecular complexity index is 425. The average molecular weight is 262 g/mol. The van der Waals surface area contributed by atoms with E-state index in [9.17, 15) is 5.11 Å². The third-order valence-corrected chi connectivity index (χ3v) is 4.15. The van der Waals surface area contributed by atoms with Crippen molar-refractivity contribution in [2.24, 2.45) is 0 Å². The van der Waals surface area contributed by atoms with Gasteiger partial charge >= 0.3 is 0 Å². The molecule has 3 N–H and O–H groups in total. The molecule has 0 saturated carbocycles. The van der Waals surface area contributed by atoms with Gasteiger partial charge in [0.05, 0.1) is 5.69 Å². The van der Waals surface area contributed by atoms with E-state index in [1.54, 1.807) is 6.07 Å². The van der Waals surface area contributed by atoms with Gasteiger partial charge in [-0.15, -0.1) is 0 Å². The first-order chi connectivity index (χ1) is 9.17. The lowest BCUT2D eigenvalue weighted by atomic mass is 9.86. The topological polar surface area (TPSA) is 49.5 Å². The van der Waals surface area contributed by atoms with Gasteiger partial charge in [-0.2, -0.15) is 0 Å². The minimum absolute atomic E-state index is 0.233. The highest BCUT2D eigenvalue weighted by Gasteiger charge is 2.25. The molecule has 3 heteroatoms. The number of anilines is 1. The molecule has 0 aliphatic heterocycles. The molecule has 2 rings (SSSR count). The van der Waals surface area contributed by atoms with Gasteiger partial charge in [-0.3, -0.25) is 0 Å². The van der Waals surface area contributed by atoms with Gasteiger partial charge in [0.15, 0.2) is 0 Å². The number of nitrogens with two attached hydrogens (primary N) is 1. The van der Waals surface area contributed by atoms with Gasteiger partial charge in [-0.05, 0) is 62.4 Å². The second kappa shape index (κ2) is 6.29. The zero-order valence-corrected chi connectivity index (χ0v) is 12.2. The standard InChI is InChI=1S/C16H26N2O/c1-3-9-18(10-4-2)13-6-7-14-12(11-13)5-8-15(19)16(14)17/h5,8,13,19H,3-4,6-7,9-11,17H2,1-2H3. The van der Waals surface area contributed by atoms with E-state index >= 15 is 0 Å². The Labute approximate surface area is 116 Å². The molecular weight excluding hydrogens is 236 g/mol. The lowest BCUT2D eigenvalue weighted by Gasteiger charge is -2.35. The fourth-order valence-corrected chi connectivity index (χ4v) is 3.21. The fourth-order valence-electron chi connectivity index (χ4n) is 3.21. The molecule has 1 unspecified atom stereocenters. The maximum absolute atomic E-state index is 9.68. The molecule has 0 aromatic heterocycles. The molecule has 1 aliphatic rings. The predicted octanol–water partition coefficient (Wildman–Crippen LogP) is 2.95. The molecule has 0 amide bonds. The second-order valence-electron chi connectivity index (χ2n) is 5.57.